The van der Waals surface area contributed by atoms with E-state index in [2.05, 4.69) is 4.98 Å². The van der Waals surface area contributed by atoms with E-state index in [9.17, 15) is 9.59 Å². The molecule has 7 heteroatoms. The highest BCUT2D eigenvalue weighted by atomic mass is 16.5. The van der Waals surface area contributed by atoms with Crippen LogP contribution in [-0.4, -0.2) is 67.0 Å². The summed E-state index contributed by atoms with van der Waals surface area (Å²) in [5.74, 6) is 1.02. The highest BCUT2D eigenvalue weighted by Gasteiger charge is 2.24. The summed E-state index contributed by atoms with van der Waals surface area (Å²) < 4.78 is 10.5. The van der Waals surface area contributed by atoms with Crippen molar-refractivity contribution in [2.45, 2.75) is 6.42 Å². The van der Waals surface area contributed by atoms with Gasteiger partial charge in [-0.15, -0.1) is 0 Å². The van der Waals surface area contributed by atoms with Crippen LogP contribution in [0.15, 0.2) is 42.7 Å². The average Bonchev–Trinajstić information content (AvgIpc) is 2.99. The molecule has 0 bridgehead atoms. The van der Waals surface area contributed by atoms with Gasteiger partial charge in [0, 0.05) is 55.8 Å². The van der Waals surface area contributed by atoms with Gasteiger partial charge in [-0.05, 0) is 30.7 Å². The van der Waals surface area contributed by atoms with Crippen molar-refractivity contribution in [1.29, 1.82) is 0 Å². The zero-order chi connectivity index (χ0) is 19.2. The molecule has 0 atom stereocenters. The number of hydrogen-bond acceptors (Lipinski definition) is 5. The molecule has 1 aliphatic heterocycles. The molecular weight excluding hydrogens is 346 g/mol. The first-order valence-corrected chi connectivity index (χ1v) is 8.84. The molecule has 0 saturated carbocycles. The molecule has 3 rings (SSSR count). The van der Waals surface area contributed by atoms with Gasteiger partial charge >= 0.3 is 0 Å². The Morgan fingerprint density at radius 3 is 1.85 bits per heavy atom. The van der Waals surface area contributed by atoms with E-state index in [0.717, 1.165) is 6.42 Å². The lowest BCUT2D eigenvalue weighted by Gasteiger charge is -2.22. The third-order valence-corrected chi connectivity index (χ3v) is 4.60. The van der Waals surface area contributed by atoms with Crippen LogP contribution in [0.4, 0.5) is 0 Å². The van der Waals surface area contributed by atoms with Gasteiger partial charge in [-0.2, -0.15) is 0 Å². The van der Waals surface area contributed by atoms with Crippen LogP contribution in [0.2, 0.25) is 0 Å². The number of hydrogen-bond donors (Lipinski definition) is 0. The van der Waals surface area contributed by atoms with Crippen molar-refractivity contribution in [1.82, 2.24) is 14.8 Å². The summed E-state index contributed by atoms with van der Waals surface area (Å²) in [6.07, 6.45) is 3.94. The van der Waals surface area contributed by atoms with E-state index in [4.69, 9.17) is 9.47 Å². The molecule has 0 N–H and O–H groups in total. The van der Waals surface area contributed by atoms with Crippen molar-refractivity contribution >= 4 is 11.8 Å². The fraction of sp³-hybridized carbons (Fsp3) is 0.350. The highest BCUT2D eigenvalue weighted by molar-refractivity contribution is 5.96. The Balaban J connectivity index is 1.71. The van der Waals surface area contributed by atoms with Crippen LogP contribution in [0, 0.1) is 0 Å². The smallest absolute Gasteiger partial charge is 0.254 e. The monoisotopic (exact) mass is 369 g/mol. The first-order chi connectivity index (χ1) is 13.1. The van der Waals surface area contributed by atoms with Gasteiger partial charge in [-0.25, -0.2) is 0 Å². The van der Waals surface area contributed by atoms with E-state index < -0.39 is 0 Å². The number of aromatic nitrogens is 1. The summed E-state index contributed by atoms with van der Waals surface area (Å²) in [5.41, 5.74) is 1.13. The minimum atomic E-state index is -0.0922. The van der Waals surface area contributed by atoms with Gasteiger partial charge in [0.2, 0.25) is 0 Å². The lowest BCUT2D eigenvalue weighted by atomic mass is 10.1. The molecule has 142 valence electrons. The minimum Gasteiger partial charge on any atom is -0.497 e. The Morgan fingerprint density at radius 1 is 0.815 bits per heavy atom. The minimum absolute atomic E-state index is 0.0326. The van der Waals surface area contributed by atoms with Crippen molar-refractivity contribution in [2.24, 2.45) is 0 Å². The highest BCUT2D eigenvalue weighted by Crippen LogP contribution is 2.24. The molecule has 1 aromatic heterocycles. The van der Waals surface area contributed by atoms with E-state index >= 15 is 0 Å². The zero-order valence-electron chi connectivity index (χ0n) is 15.6. The van der Waals surface area contributed by atoms with E-state index in [-0.39, 0.29) is 11.8 Å². The van der Waals surface area contributed by atoms with Crippen molar-refractivity contribution in [2.75, 3.05) is 40.4 Å². The molecule has 2 aromatic rings. The Kier molecular flexibility index (Phi) is 5.90. The third-order valence-electron chi connectivity index (χ3n) is 4.60. The van der Waals surface area contributed by atoms with Crippen molar-refractivity contribution < 1.29 is 19.1 Å². The number of amides is 2. The average molecular weight is 369 g/mol. The summed E-state index contributed by atoms with van der Waals surface area (Å²) >= 11 is 0. The summed E-state index contributed by atoms with van der Waals surface area (Å²) in [4.78, 5) is 33.1. The first kappa shape index (κ1) is 18.7. The Hall–Kier alpha value is -3.09. The van der Waals surface area contributed by atoms with E-state index in [1.165, 1.54) is 0 Å². The second-order valence-corrected chi connectivity index (χ2v) is 6.28. The predicted molar refractivity (Wildman–Crippen MR) is 100 cm³/mol. The van der Waals surface area contributed by atoms with Gasteiger partial charge in [0.25, 0.3) is 11.8 Å². The Bertz CT molecular complexity index is 788. The first-order valence-electron chi connectivity index (χ1n) is 8.84. The molecule has 1 saturated heterocycles. The van der Waals surface area contributed by atoms with E-state index in [1.54, 1.807) is 66.7 Å². The van der Waals surface area contributed by atoms with E-state index in [1.807, 2.05) is 0 Å². The topological polar surface area (TPSA) is 72.0 Å². The largest absolute Gasteiger partial charge is 0.497 e. The van der Waals surface area contributed by atoms with Gasteiger partial charge in [0.05, 0.1) is 14.2 Å². The number of carbonyl (C=O) groups excluding carboxylic acids is 2. The molecule has 1 aliphatic rings. The molecule has 7 nitrogen and oxygen atoms in total. The number of methoxy groups -OCH3 is 2. The van der Waals surface area contributed by atoms with Crippen LogP contribution in [0.3, 0.4) is 0 Å². The Labute approximate surface area is 158 Å². The third kappa shape index (κ3) is 4.36. The normalized spacial score (nSPS) is 14.4. The second kappa shape index (κ2) is 8.53. The van der Waals surface area contributed by atoms with Crippen LogP contribution in [0.1, 0.15) is 27.1 Å². The molecule has 0 radical (unpaired) electrons. The molecule has 2 amide bonds. The molecule has 1 fully saturated rings. The van der Waals surface area contributed by atoms with Gasteiger partial charge in [-0.1, -0.05) is 0 Å². The summed E-state index contributed by atoms with van der Waals surface area (Å²) in [7, 11) is 3.11. The lowest BCUT2D eigenvalue weighted by molar-refractivity contribution is 0.0718. The van der Waals surface area contributed by atoms with Crippen molar-refractivity contribution in [3.8, 4) is 11.5 Å². The standard InChI is InChI=1S/C20H23N3O4/c1-26-17-12-16(13-18(14-17)27-2)20(25)23-9-3-8-22(10-11-23)19(24)15-4-6-21-7-5-15/h4-7,12-14H,3,8-11H2,1-2H3. The molecule has 1 aromatic carbocycles. The number of ether oxygens (including phenoxy) is 2. The van der Waals surface area contributed by atoms with Crippen LogP contribution in [-0.2, 0) is 0 Å². The van der Waals surface area contributed by atoms with Gasteiger partial charge in [-0.3, -0.25) is 14.6 Å². The van der Waals surface area contributed by atoms with Gasteiger partial charge in [0.1, 0.15) is 11.5 Å². The quantitative estimate of drug-likeness (QED) is 0.825. The lowest BCUT2D eigenvalue weighted by Crippen LogP contribution is -2.37. The van der Waals surface area contributed by atoms with Gasteiger partial charge in [0.15, 0.2) is 0 Å². The second-order valence-electron chi connectivity index (χ2n) is 6.28. The maximum Gasteiger partial charge on any atom is 0.254 e. The number of nitrogens with zero attached hydrogens (tertiary/aromatic N) is 3. The maximum atomic E-state index is 12.9. The number of rotatable bonds is 4. The van der Waals surface area contributed by atoms with Gasteiger partial charge < -0.3 is 19.3 Å². The molecule has 27 heavy (non-hydrogen) atoms. The molecule has 0 spiro atoms. The van der Waals surface area contributed by atoms with Crippen LogP contribution in [0.5, 0.6) is 11.5 Å². The summed E-state index contributed by atoms with van der Waals surface area (Å²) in [6.45, 7) is 2.19. The molecule has 0 aliphatic carbocycles. The fourth-order valence-corrected chi connectivity index (χ4v) is 3.11. The van der Waals surface area contributed by atoms with Crippen molar-refractivity contribution in [3.63, 3.8) is 0 Å². The SMILES string of the molecule is COc1cc(OC)cc(C(=O)N2CCCN(C(=O)c3ccncc3)CC2)c1. The molecular formula is C20H23N3O4. The molecule has 0 unspecified atom stereocenters. The van der Waals surface area contributed by atoms with E-state index in [0.29, 0.717) is 48.8 Å². The Morgan fingerprint density at radius 2 is 1.33 bits per heavy atom. The summed E-state index contributed by atoms with van der Waals surface area (Å²) in [6, 6.07) is 8.55. The number of pyridine rings is 1. The maximum absolute atomic E-state index is 12.9. The number of benzene rings is 1. The van der Waals surface area contributed by atoms with Crippen LogP contribution in [0.25, 0.3) is 0 Å². The fourth-order valence-electron chi connectivity index (χ4n) is 3.11. The predicted octanol–water partition coefficient (Wildman–Crippen LogP) is 2.09. The molecule has 2 heterocycles. The van der Waals surface area contributed by atoms with Crippen LogP contribution >= 0.6 is 0 Å². The zero-order valence-corrected chi connectivity index (χ0v) is 15.6. The van der Waals surface area contributed by atoms with Crippen molar-refractivity contribution in [3.05, 3.63) is 53.9 Å². The summed E-state index contributed by atoms with van der Waals surface area (Å²) in [5, 5.41) is 0. The number of carbonyl (C=O) groups is 2. The van der Waals surface area contributed by atoms with Crippen LogP contribution < -0.4 is 9.47 Å².